The fourth-order valence-electron chi connectivity index (χ4n) is 7.01. The Morgan fingerprint density at radius 3 is 1.91 bits per heavy atom. The van der Waals surface area contributed by atoms with E-state index in [2.05, 4.69) is 126 Å². The van der Waals surface area contributed by atoms with Gasteiger partial charge in [0.1, 0.15) is 11.4 Å². The number of tetrazole rings is 1. The van der Waals surface area contributed by atoms with E-state index in [1.165, 1.54) is 6.08 Å². The van der Waals surface area contributed by atoms with Gasteiger partial charge in [-0.2, -0.15) is 0 Å². The molecule has 0 fully saturated rings. The Morgan fingerprint density at radius 2 is 1.32 bits per heavy atom. The number of hydrogen-bond acceptors (Lipinski definition) is 6. The van der Waals surface area contributed by atoms with Gasteiger partial charge >= 0.3 is 5.97 Å². The first kappa shape index (κ1) is 35.0. The largest absolute Gasteiger partial charge is 0.463 e. The van der Waals surface area contributed by atoms with Crippen LogP contribution in [0.4, 0.5) is 0 Å². The molecule has 7 aromatic rings. The number of unbranched alkanes of at least 4 members (excludes halogenated alkanes) is 1. The highest BCUT2D eigenvalue weighted by atomic mass is 16.5. The normalized spacial score (nSPS) is 11.6. The molecule has 2 heterocycles. The monoisotopic (exact) mass is 698 g/mol. The number of hydrogen-bond donors (Lipinski definition) is 0. The third-order valence-corrected chi connectivity index (χ3v) is 9.54. The Balaban J connectivity index is 1.29. The van der Waals surface area contributed by atoms with E-state index in [1.807, 2.05) is 41.2 Å². The molecule has 0 aliphatic rings. The van der Waals surface area contributed by atoms with Gasteiger partial charge in [-0.15, -0.1) is 5.10 Å². The molecule has 8 nitrogen and oxygen atoms in total. The van der Waals surface area contributed by atoms with Crippen molar-refractivity contribution in [3.8, 4) is 22.5 Å². The van der Waals surface area contributed by atoms with Crippen LogP contribution in [-0.4, -0.2) is 42.3 Å². The van der Waals surface area contributed by atoms with Crippen molar-refractivity contribution in [2.45, 2.75) is 45.2 Å². The van der Waals surface area contributed by atoms with E-state index >= 15 is 0 Å². The lowest BCUT2D eigenvalue weighted by Gasteiger charge is -2.36. The van der Waals surface area contributed by atoms with Crippen molar-refractivity contribution < 1.29 is 9.53 Å². The predicted molar refractivity (Wildman–Crippen MR) is 209 cm³/mol. The van der Waals surface area contributed by atoms with Gasteiger partial charge in [-0.1, -0.05) is 153 Å². The molecule has 0 saturated heterocycles. The number of rotatable bonds is 14. The molecule has 8 heteroatoms. The predicted octanol–water partition coefficient (Wildman–Crippen LogP) is 9.01. The minimum absolute atomic E-state index is 0.336. The molecule has 0 spiro atoms. The Kier molecular flexibility index (Phi) is 10.8. The fourth-order valence-corrected chi connectivity index (χ4v) is 7.01. The summed E-state index contributed by atoms with van der Waals surface area (Å²) in [6.07, 6.45) is 8.05. The summed E-state index contributed by atoms with van der Waals surface area (Å²) in [4.78, 5) is 16.8. The molecule has 0 N–H and O–H groups in total. The number of benzene rings is 5. The maximum atomic E-state index is 12.1. The first-order valence-corrected chi connectivity index (χ1v) is 18.2. The highest BCUT2D eigenvalue weighted by Crippen LogP contribution is 2.43. The van der Waals surface area contributed by atoms with Crippen LogP contribution in [0.2, 0.25) is 0 Å². The Labute approximate surface area is 310 Å². The van der Waals surface area contributed by atoms with Gasteiger partial charge in [-0.3, -0.25) is 0 Å². The molecule has 5 aromatic carbocycles. The Morgan fingerprint density at radius 1 is 0.736 bits per heavy atom. The van der Waals surface area contributed by atoms with E-state index in [0.29, 0.717) is 19.0 Å². The van der Waals surface area contributed by atoms with Gasteiger partial charge in [0.25, 0.3) is 0 Å². The smallest absolute Gasteiger partial charge is 0.330 e. The van der Waals surface area contributed by atoms with Gasteiger partial charge in [-0.05, 0) is 63.2 Å². The lowest BCUT2D eigenvalue weighted by Crippen LogP contribution is -2.39. The van der Waals surface area contributed by atoms with Crippen molar-refractivity contribution in [1.82, 2.24) is 29.8 Å². The zero-order valence-corrected chi connectivity index (χ0v) is 30.0. The van der Waals surface area contributed by atoms with Gasteiger partial charge in [-0.25, -0.2) is 14.5 Å². The summed E-state index contributed by atoms with van der Waals surface area (Å²) < 4.78 is 9.26. The number of esters is 1. The standard InChI is InChI=1S/C45H42N6O2/c1-3-5-25-42-46-32-39(30-31-43(52)53-4-2)50(42)33-34-26-28-35(29-27-34)40-23-15-16-24-41(40)44-47-48-49-51(44)45(36-17-9-6-10-18-36,37-19-11-7-12-20-37)38-21-13-8-14-22-38/h6-24,26-32H,3-5,25,33H2,1-2H3/b31-30+. The van der Waals surface area contributed by atoms with Crippen LogP contribution in [0.5, 0.6) is 0 Å². The average molecular weight is 699 g/mol. The first-order valence-electron chi connectivity index (χ1n) is 18.2. The molecular formula is C45H42N6O2. The number of imidazole rings is 1. The van der Waals surface area contributed by atoms with E-state index in [4.69, 9.17) is 20.0 Å². The quantitative estimate of drug-likeness (QED) is 0.0640. The molecule has 2 aromatic heterocycles. The molecule has 0 aliphatic carbocycles. The molecular weight excluding hydrogens is 657 g/mol. The van der Waals surface area contributed by atoms with Crippen molar-refractivity contribution >= 4 is 12.0 Å². The third-order valence-electron chi connectivity index (χ3n) is 9.54. The highest BCUT2D eigenvalue weighted by Gasteiger charge is 2.42. The summed E-state index contributed by atoms with van der Waals surface area (Å²) in [6, 6.07) is 48.2. The van der Waals surface area contributed by atoms with Crippen LogP contribution in [0.25, 0.3) is 28.6 Å². The summed E-state index contributed by atoms with van der Waals surface area (Å²) in [5.74, 6) is 1.28. The molecule has 7 rings (SSSR count). The number of ether oxygens (including phenoxy) is 1. The Hall–Kier alpha value is -6.41. The number of aryl methyl sites for hydroxylation is 1. The van der Waals surface area contributed by atoms with Crippen LogP contribution in [0.15, 0.2) is 152 Å². The maximum absolute atomic E-state index is 12.1. The second kappa shape index (κ2) is 16.3. The lowest BCUT2D eigenvalue weighted by atomic mass is 9.77. The van der Waals surface area contributed by atoms with Crippen LogP contribution in [0.1, 0.15) is 60.5 Å². The van der Waals surface area contributed by atoms with E-state index in [-0.39, 0.29) is 5.97 Å². The summed E-state index contributed by atoms with van der Waals surface area (Å²) in [7, 11) is 0. The fraction of sp³-hybridized carbons (Fsp3) is 0.178. The molecule has 0 aliphatic heterocycles. The van der Waals surface area contributed by atoms with Crippen LogP contribution in [0, 0.1) is 0 Å². The van der Waals surface area contributed by atoms with Gasteiger partial charge in [0.2, 0.25) is 0 Å². The van der Waals surface area contributed by atoms with Crippen LogP contribution < -0.4 is 0 Å². The van der Waals surface area contributed by atoms with Crippen molar-refractivity contribution in [3.63, 3.8) is 0 Å². The molecule has 0 amide bonds. The summed E-state index contributed by atoms with van der Waals surface area (Å²) in [6.45, 7) is 4.93. The third kappa shape index (κ3) is 7.21. The van der Waals surface area contributed by atoms with Gasteiger partial charge in [0.05, 0.1) is 18.5 Å². The number of carbonyl (C=O) groups excluding carboxylic acids is 1. The zero-order valence-electron chi connectivity index (χ0n) is 30.0. The van der Waals surface area contributed by atoms with Crippen LogP contribution >= 0.6 is 0 Å². The topological polar surface area (TPSA) is 87.7 Å². The van der Waals surface area contributed by atoms with E-state index in [9.17, 15) is 4.79 Å². The first-order chi connectivity index (χ1) is 26.1. The van der Waals surface area contributed by atoms with Gasteiger partial charge in [0, 0.05) is 24.6 Å². The molecule has 0 unspecified atom stereocenters. The van der Waals surface area contributed by atoms with Crippen molar-refractivity contribution in [1.29, 1.82) is 0 Å². The minimum atomic E-state index is -0.862. The molecule has 0 bridgehead atoms. The average Bonchev–Trinajstić information content (AvgIpc) is 3.86. The zero-order chi connectivity index (χ0) is 36.5. The second-order valence-corrected chi connectivity index (χ2v) is 12.8. The summed E-state index contributed by atoms with van der Waals surface area (Å²) >= 11 is 0. The van der Waals surface area contributed by atoms with E-state index in [0.717, 1.165) is 69.7 Å². The maximum Gasteiger partial charge on any atom is 0.330 e. The second-order valence-electron chi connectivity index (χ2n) is 12.8. The number of nitrogens with zero attached hydrogens (tertiary/aromatic N) is 6. The van der Waals surface area contributed by atoms with E-state index < -0.39 is 5.54 Å². The Bertz CT molecular complexity index is 2180. The number of carbonyl (C=O) groups is 1. The van der Waals surface area contributed by atoms with Crippen molar-refractivity contribution in [3.05, 3.63) is 186 Å². The van der Waals surface area contributed by atoms with Crippen LogP contribution in [-0.2, 0) is 28.0 Å². The van der Waals surface area contributed by atoms with Crippen molar-refractivity contribution in [2.75, 3.05) is 6.61 Å². The molecule has 0 atom stereocenters. The minimum Gasteiger partial charge on any atom is -0.463 e. The van der Waals surface area contributed by atoms with E-state index in [1.54, 1.807) is 13.0 Å². The molecule has 264 valence electrons. The molecule has 0 radical (unpaired) electrons. The lowest BCUT2D eigenvalue weighted by molar-refractivity contribution is -0.137. The molecule has 53 heavy (non-hydrogen) atoms. The van der Waals surface area contributed by atoms with Gasteiger partial charge < -0.3 is 9.30 Å². The van der Waals surface area contributed by atoms with Gasteiger partial charge in [0.15, 0.2) is 5.82 Å². The number of aromatic nitrogens is 6. The highest BCUT2D eigenvalue weighted by molar-refractivity contribution is 5.86. The SMILES string of the molecule is CCCCc1ncc(/C=C/C(=O)OCC)n1Cc1ccc(-c2ccccc2-c2nnnn2C(c2ccccc2)(c2ccccc2)c2ccccc2)cc1. The van der Waals surface area contributed by atoms with Crippen LogP contribution in [0.3, 0.4) is 0 Å². The molecule has 0 saturated carbocycles. The summed E-state index contributed by atoms with van der Waals surface area (Å²) in [5.41, 5.74) is 7.23. The van der Waals surface area contributed by atoms with Crippen molar-refractivity contribution in [2.24, 2.45) is 0 Å². The summed E-state index contributed by atoms with van der Waals surface area (Å²) in [5, 5.41) is 13.8.